The molecule has 3 nitrogen and oxygen atoms in total. The molecule has 3 heteroatoms. The maximum Gasteiger partial charge on any atom is 0.291 e. The van der Waals surface area contributed by atoms with Crippen LogP contribution in [0.1, 0.15) is 57.9 Å². The molecule has 136 valence electrons. The number of ether oxygens (including phenoxy) is 1. The Morgan fingerprint density at radius 1 is 1.28 bits per heavy atom. The summed E-state index contributed by atoms with van der Waals surface area (Å²) in [6.07, 6.45) is 5.77. The van der Waals surface area contributed by atoms with Gasteiger partial charge in [0.25, 0.3) is 5.95 Å². The van der Waals surface area contributed by atoms with Gasteiger partial charge in [0.2, 0.25) is 0 Å². The van der Waals surface area contributed by atoms with Crippen LogP contribution in [0.2, 0.25) is 0 Å². The molecule has 25 heavy (non-hydrogen) atoms. The molecule has 0 spiro atoms. The van der Waals surface area contributed by atoms with Crippen LogP contribution in [0.3, 0.4) is 0 Å². The summed E-state index contributed by atoms with van der Waals surface area (Å²) in [7, 11) is 1.56. The van der Waals surface area contributed by atoms with Gasteiger partial charge in [-0.05, 0) is 40.0 Å². The molecule has 0 N–H and O–H groups in total. The van der Waals surface area contributed by atoms with Crippen LogP contribution in [0.25, 0.3) is 0 Å². The first-order valence-electron chi connectivity index (χ1n) is 9.19. The predicted molar refractivity (Wildman–Crippen MR) is 101 cm³/mol. The summed E-state index contributed by atoms with van der Waals surface area (Å²) in [5.74, 6) is 1.99. The van der Waals surface area contributed by atoms with E-state index in [-0.39, 0.29) is 16.3 Å². The van der Waals surface area contributed by atoms with Crippen molar-refractivity contribution in [3.8, 4) is 5.95 Å². The minimum atomic E-state index is -0.176. The van der Waals surface area contributed by atoms with Gasteiger partial charge in [-0.15, -0.1) is 0 Å². The van der Waals surface area contributed by atoms with Crippen molar-refractivity contribution in [3.05, 3.63) is 50.4 Å². The molecular formula is C22H30O3. The molecule has 2 aliphatic rings. The van der Waals surface area contributed by atoms with Gasteiger partial charge in [-0.2, -0.15) is 0 Å². The fourth-order valence-corrected chi connectivity index (χ4v) is 5.48. The Hall–Kier alpha value is -1.77. The number of hydrogen-bond acceptors (Lipinski definition) is 3. The van der Waals surface area contributed by atoms with Gasteiger partial charge in [-0.1, -0.05) is 44.1 Å². The van der Waals surface area contributed by atoms with Crippen molar-refractivity contribution in [3.63, 3.8) is 0 Å². The number of methoxy groups -OCH3 is 1. The molecule has 1 heterocycles. The smallest absolute Gasteiger partial charge is 0.291 e. The highest BCUT2D eigenvalue weighted by atomic mass is 16.6. The van der Waals surface area contributed by atoms with Gasteiger partial charge in [0.05, 0.1) is 12.7 Å². The van der Waals surface area contributed by atoms with Gasteiger partial charge in [0.15, 0.2) is 5.43 Å². The number of allylic oxidation sites excluding steroid dienone is 4. The van der Waals surface area contributed by atoms with Crippen LogP contribution >= 0.6 is 0 Å². The van der Waals surface area contributed by atoms with Crippen molar-refractivity contribution >= 4 is 0 Å². The van der Waals surface area contributed by atoms with E-state index in [0.717, 1.165) is 17.7 Å². The lowest BCUT2D eigenvalue weighted by Gasteiger charge is -2.24. The average molecular weight is 342 g/mol. The van der Waals surface area contributed by atoms with Crippen LogP contribution in [0.4, 0.5) is 0 Å². The summed E-state index contributed by atoms with van der Waals surface area (Å²) in [5, 5.41) is 0. The number of fused-ring (bicyclic) bond motifs is 1. The zero-order valence-corrected chi connectivity index (χ0v) is 16.7. The maximum absolute atomic E-state index is 12.7. The van der Waals surface area contributed by atoms with Crippen LogP contribution < -0.4 is 10.2 Å². The molecule has 1 saturated carbocycles. The third-order valence-electron chi connectivity index (χ3n) is 6.85. The van der Waals surface area contributed by atoms with Crippen LogP contribution in [-0.2, 0) is 5.41 Å². The molecular weight excluding hydrogens is 312 g/mol. The van der Waals surface area contributed by atoms with Gasteiger partial charge >= 0.3 is 0 Å². The molecule has 4 atom stereocenters. The second kappa shape index (κ2) is 5.62. The zero-order chi connectivity index (χ0) is 18.7. The van der Waals surface area contributed by atoms with Gasteiger partial charge < -0.3 is 9.15 Å². The summed E-state index contributed by atoms with van der Waals surface area (Å²) in [4.78, 5) is 12.7. The van der Waals surface area contributed by atoms with Crippen molar-refractivity contribution in [2.24, 2.45) is 17.3 Å². The molecule has 1 aromatic rings. The van der Waals surface area contributed by atoms with Crippen LogP contribution in [0.15, 0.2) is 32.5 Å². The average Bonchev–Trinajstić information content (AvgIpc) is 2.86. The molecule has 0 aliphatic heterocycles. The van der Waals surface area contributed by atoms with Gasteiger partial charge in [-0.3, -0.25) is 4.79 Å². The van der Waals surface area contributed by atoms with E-state index in [4.69, 9.17) is 9.15 Å². The SMILES string of the molecule is CCC=C(C)[C@H]1C(C)=C[C@@]2(C)[C@@H]1[C@]2(C)c1oc(OC)c(C)c(=O)c1C. The monoisotopic (exact) mass is 342 g/mol. The Bertz CT molecular complexity index is 842. The van der Waals surface area contributed by atoms with E-state index in [0.29, 0.717) is 23.3 Å². The quantitative estimate of drug-likeness (QED) is 0.715. The Kier molecular flexibility index (Phi) is 4.05. The standard InChI is InChI=1S/C22H30O3/c1-9-10-12(2)16-13(3)11-21(6)18(16)22(21,7)19-14(4)17(23)15(5)20(24-8)25-19/h10-11,16,18H,9H2,1-8H3/t16-,18+,21-,22+/m0/s1. The molecule has 0 bridgehead atoms. The third kappa shape index (κ3) is 2.14. The van der Waals surface area contributed by atoms with Gasteiger partial charge in [0.1, 0.15) is 5.76 Å². The first-order chi connectivity index (χ1) is 11.6. The molecule has 0 saturated heterocycles. The van der Waals surface area contributed by atoms with E-state index >= 15 is 0 Å². The lowest BCUT2D eigenvalue weighted by molar-refractivity contribution is 0.262. The molecule has 0 radical (unpaired) electrons. The van der Waals surface area contributed by atoms with E-state index in [1.165, 1.54) is 11.1 Å². The lowest BCUT2D eigenvalue weighted by atomic mass is 9.82. The summed E-state index contributed by atoms with van der Waals surface area (Å²) >= 11 is 0. The molecule has 0 aromatic carbocycles. The normalized spacial score (nSPS) is 33.9. The second-order valence-electron chi connectivity index (χ2n) is 8.19. The number of hydrogen-bond donors (Lipinski definition) is 0. The summed E-state index contributed by atoms with van der Waals surface area (Å²) in [5.41, 5.74) is 4.01. The molecule has 0 unspecified atom stereocenters. The minimum absolute atomic E-state index is 0.0194. The number of rotatable bonds is 4. The summed E-state index contributed by atoms with van der Waals surface area (Å²) in [6.45, 7) is 14.8. The second-order valence-corrected chi connectivity index (χ2v) is 8.19. The highest BCUT2D eigenvalue weighted by molar-refractivity contribution is 5.52. The van der Waals surface area contributed by atoms with Crippen LogP contribution in [0.5, 0.6) is 5.95 Å². The van der Waals surface area contributed by atoms with E-state index < -0.39 is 0 Å². The molecule has 1 aromatic heterocycles. The molecule has 2 aliphatic carbocycles. The fraction of sp³-hybridized carbons (Fsp3) is 0.591. The first kappa shape index (κ1) is 18.0. The van der Waals surface area contributed by atoms with Crippen molar-refractivity contribution in [2.75, 3.05) is 7.11 Å². The first-order valence-corrected chi connectivity index (χ1v) is 9.19. The topological polar surface area (TPSA) is 39.4 Å². The molecule has 0 amide bonds. The van der Waals surface area contributed by atoms with Crippen molar-refractivity contribution < 1.29 is 9.15 Å². The van der Waals surface area contributed by atoms with Gasteiger partial charge in [-0.25, -0.2) is 0 Å². The third-order valence-corrected chi connectivity index (χ3v) is 6.85. The van der Waals surface area contributed by atoms with E-state index in [9.17, 15) is 4.79 Å². The Morgan fingerprint density at radius 2 is 1.92 bits per heavy atom. The summed E-state index contributed by atoms with van der Waals surface area (Å²) in [6, 6.07) is 0. The zero-order valence-electron chi connectivity index (χ0n) is 16.7. The fourth-order valence-electron chi connectivity index (χ4n) is 5.48. The van der Waals surface area contributed by atoms with Crippen molar-refractivity contribution in [1.29, 1.82) is 0 Å². The van der Waals surface area contributed by atoms with E-state index in [1.807, 2.05) is 6.92 Å². The van der Waals surface area contributed by atoms with Crippen molar-refractivity contribution in [2.45, 2.75) is 60.3 Å². The Labute approximate surface area is 150 Å². The predicted octanol–water partition coefficient (Wildman–Crippen LogP) is 5.09. The molecule has 1 fully saturated rings. The Morgan fingerprint density at radius 3 is 2.48 bits per heavy atom. The Balaban J connectivity index is 2.16. The highest BCUT2D eigenvalue weighted by Crippen LogP contribution is 2.78. The minimum Gasteiger partial charge on any atom is -0.468 e. The maximum atomic E-state index is 12.7. The van der Waals surface area contributed by atoms with Gasteiger partial charge in [0, 0.05) is 22.3 Å². The van der Waals surface area contributed by atoms with E-state index in [2.05, 4.69) is 46.8 Å². The van der Waals surface area contributed by atoms with E-state index in [1.54, 1.807) is 14.0 Å². The molecule has 3 rings (SSSR count). The van der Waals surface area contributed by atoms with Crippen molar-refractivity contribution in [1.82, 2.24) is 0 Å². The largest absolute Gasteiger partial charge is 0.468 e. The van der Waals surface area contributed by atoms with Crippen LogP contribution in [-0.4, -0.2) is 7.11 Å². The van der Waals surface area contributed by atoms with Crippen LogP contribution in [0, 0.1) is 31.1 Å². The summed E-state index contributed by atoms with van der Waals surface area (Å²) < 4.78 is 11.5. The highest BCUT2D eigenvalue weighted by Gasteiger charge is 2.77. The lowest BCUT2D eigenvalue weighted by Crippen LogP contribution is -2.23.